The van der Waals surface area contributed by atoms with Crippen molar-refractivity contribution in [1.29, 1.82) is 0 Å². The molecule has 0 saturated carbocycles. The fourth-order valence-corrected chi connectivity index (χ4v) is 3.64. The summed E-state index contributed by atoms with van der Waals surface area (Å²) in [6.45, 7) is 4.12. The number of nitrogens with two attached hydrogens (primary N) is 1. The second-order valence-corrected chi connectivity index (χ2v) is 8.01. The summed E-state index contributed by atoms with van der Waals surface area (Å²) in [6, 6.07) is 4.90. The zero-order chi connectivity index (χ0) is 24.3. The monoisotopic (exact) mass is 477 g/mol. The summed E-state index contributed by atoms with van der Waals surface area (Å²) in [5.41, 5.74) is 7.26. The van der Waals surface area contributed by atoms with E-state index in [2.05, 4.69) is 47.6 Å². The SMILES string of the molecule is CC1CCN(Cc2c(C(=O)N/N=C/c3ccccc3C(F)(F)F)nnn2-c2nonc2N)CC1. The van der Waals surface area contributed by atoms with Gasteiger partial charge in [-0.2, -0.15) is 23.0 Å². The van der Waals surface area contributed by atoms with Crippen molar-refractivity contribution in [2.45, 2.75) is 32.5 Å². The molecule has 3 N–H and O–H groups in total. The van der Waals surface area contributed by atoms with Crippen LogP contribution in [0.25, 0.3) is 5.82 Å². The number of likely N-dealkylation sites (tertiary alicyclic amines) is 1. The van der Waals surface area contributed by atoms with E-state index < -0.39 is 17.6 Å². The van der Waals surface area contributed by atoms with Crippen LogP contribution in [0.15, 0.2) is 34.0 Å². The second-order valence-electron chi connectivity index (χ2n) is 8.01. The Morgan fingerprint density at radius 1 is 1.29 bits per heavy atom. The third kappa shape index (κ3) is 5.06. The van der Waals surface area contributed by atoms with Crippen LogP contribution in [0.1, 0.15) is 47.1 Å². The number of anilines is 1. The van der Waals surface area contributed by atoms with Crippen molar-refractivity contribution in [3.63, 3.8) is 0 Å². The topological polar surface area (TPSA) is 140 Å². The molecule has 1 saturated heterocycles. The second kappa shape index (κ2) is 9.59. The van der Waals surface area contributed by atoms with Gasteiger partial charge in [-0.25, -0.2) is 10.1 Å². The lowest BCUT2D eigenvalue weighted by atomic mass is 9.99. The highest BCUT2D eigenvalue weighted by atomic mass is 19.4. The highest BCUT2D eigenvalue weighted by Crippen LogP contribution is 2.31. The summed E-state index contributed by atoms with van der Waals surface area (Å²) in [6.07, 6.45) is -1.63. The van der Waals surface area contributed by atoms with Gasteiger partial charge in [0.05, 0.1) is 17.5 Å². The lowest BCUT2D eigenvalue weighted by Gasteiger charge is -2.30. The number of hydrogen-bond acceptors (Lipinski definition) is 9. The van der Waals surface area contributed by atoms with E-state index in [1.807, 2.05) is 0 Å². The molecule has 14 heteroatoms. The van der Waals surface area contributed by atoms with Gasteiger partial charge in [-0.15, -0.1) is 5.10 Å². The van der Waals surface area contributed by atoms with Crippen LogP contribution >= 0.6 is 0 Å². The molecule has 0 bridgehead atoms. The Bertz CT molecular complexity index is 1180. The van der Waals surface area contributed by atoms with Gasteiger partial charge < -0.3 is 5.73 Å². The number of nitrogens with one attached hydrogen (secondary N) is 1. The lowest BCUT2D eigenvalue weighted by molar-refractivity contribution is -0.137. The number of nitrogens with zero attached hydrogens (tertiary/aromatic N) is 7. The number of piperidine rings is 1. The number of carbonyl (C=O) groups is 1. The van der Waals surface area contributed by atoms with Crippen molar-refractivity contribution in [2.24, 2.45) is 11.0 Å². The zero-order valence-corrected chi connectivity index (χ0v) is 18.2. The molecule has 0 radical (unpaired) electrons. The van der Waals surface area contributed by atoms with Crippen molar-refractivity contribution in [2.75, 3.05) is 18.8 Å². The molecule has 4 rings (SSSR count). The summed E-state index contributed by atoms with van der Waals surface area (Å²) in [4.78, 5) is 15.0. The van der Waals surface area contributed by atoms with Crippen LogP contribution in [0.5, 0.6) is 0 Å². The predicted octanol–water partition coefficient (Wildman–Crippen LogP) is 2.25. The first kappa shape index (κ1) is 23.4. The van der Waals surface area contributed by atoms with E-state index in [0.717, 1.165) is 38.2 Å². The van der Waals surface area contributed by atoms with Crippen LogP contribution in [-0.4, -0.2) is 55.4 Å². The largest absolute Gasteiger partial charge is 0.417 e. The Balaban J connectivity index is 1.57. The molecular formula is C20H22F3N9O2. The number of amides is 1. The van der Waals surface area contributed by atoms with Gasteiger partial charge in [-0.3, -0.25) is 9.69 Å². The molecule has 0 aliphatic carbocycles. The highest BCUT2D eigenvalue weighted by molar-refractivity contribution is 5.94. The number of rotatable bonds is 6. The number of alkyl halides is 3. The van der Waals surface area contributed by atoms with E-state index in [1.165, 1.54) is 22.9 Å². The summed E-state index contributed by atoms with van der Waals surface area (Å²) in [5.74, 6) is -0.101. The maximum Gasteiger partial charge on any atom is 0.417 e. The standard InChI is InChI=1S/C20H22F3N9O2/c1-12-6-8-31(9-7-12)11-15-16(26-30-32(15)18-17(24)28-34-29-18)19(33)27-25-10-13-4-2-3-5-14(13)20(21,22)23/h2-5,10,12H,6-9,11H2,1H3,(H2,24,28)(H,27,33)/b25-10+. The smallest absolute Gasteiger partial charge is 0.378 e. The minimum atomic E-state index is -4.56. The van der Waals surface area contributed by atoms with Crippen LogP contribution in [0.3, 0.4) is 0 Å². The van der Waals surface area contributed by atoms with Gasteiger partial charge >= 0.3 is 6.18 Å². The molecule has 0 unspecified atom stereocenters. The molecule has 3 heterocycles. The van der Waals surface area contributed by atoms with Crippen LogP contribution < -0.4 is 11.2 Å². The van der Waals surface area contributed by atoms with Crippen molar-refractivity contribution in [3.05, 3.63) is 46.8 Å². The molecule has 1 amide bonds. The zero-order valence-electron chi connectivity index (χ0n) is 18.2. The highest BCUT2D eigenvalue weighted by Gasteiger charge is 2.32. The number of nitrogen functional groups attached to an aromatic ring is 1. The van der Waals surface area contributed by atoms with Gasteiger partial charge in [-0.1, -0.05) is 30.3 Å². The summed E-state index contributed by atoms with van der Waals surface area (Å²) >= 11 is 0. The molecule has 0 atom stereocenters. The van der Waals surface area contributed by atoms with Gasteiger partial charge in [0, 0.05) is 12.1 Å². The van der Waals surface area contributed by atoms with Crippen LogP contribution in [-0.2, 0) is 12.7 Å². The van der Waals surface area contributed by atoms with E-state index >= 15 is 0 Å². The first-order valence-corrected chi connectivity index (χ1v) is 10.5. The molecule has 0 spiro atoms. The minimum absolute atomic E-state index is 0.0350. The minimum Gasteiger partial charge on any atom is -0.378 e. The Morgan fingerprint density at radius 3 is 2.71 bits per heavy atom. The van der Waals surface area contributed by atoms with Crippen molar-refractivity contribution < 1.29 is 22.6 Å². The van der Waals surface area contributed by atoms with Crippen molar-refractivity contribution in [3.8, 4) is 5.82 Å². The van der Waals surface area contributed by atoms with Gasteiger partial charge in [0.25, 0.3) is 5.91 Å². The number of hydrogen-bond donors (Lipinski definition) is 2. The van der Waals surface area contributed by atoms with E-state index in [9.17, 15) is 18.0 Å². The Kier molecular flexibility index (Phi) is 6.58. The summed E-state index contributed by atoms with van der Waals surface area (Å²) < 4.78 is 45.4. The molecular weight excluding hydrogens is 455 g/mol. The number of halogens is 3. The third-order valence-corrected chi connectivity index (χ3v) is 5.56. The average Bonchev–Trinajstić information content (AvgIpc) is 3.40. The van der Waals surface area contributed by atoms with Gasteiger partial charge in [0.15, 0.2) is 5.69 Å². The normalized spacial score (nSPS) is 15.8. The van der Waals surface area contributed by atoms with E-state index in [0.29, 0.717) is 18.2 Å². The number of carbonyl (C=O) groups excluding carboxylic acids is 1. The maximum absolute atomic E-state index is 13.2. The molecule has 3 aromatic rings. The van der Waals surface area contributed by atoms with Crippen LogP contribution in [0.2, 0.25) is 0 Å². The molecule has 1 aliphatic rings. The lowest BCUT2D eigenvalue weighted by Crippen LogP contribution is -2.34. The maximum atomic E-state index is 13.2. The van der Waals surface area contributed by atoms with Gasteiger partial charge in [0.2, 0.25) is 11.6 Å². The Hall–Kier alpha value is -3.81. The molecule has 1 fully saturated rings. The van der Waals surface area contributed by atoms with E-state index in [1.54, 1.807) is 0 Å². The van der Waals surface area contributed by atoms with E-state index in [4.69, 9.17) is 5.73 Å². The number of benzene rings is 1. The molecule has 1 aromatic carbocycles. The number of aromatic nitrogens is 5. The summed E-state index contributed by atoms with van der Waals surface area (Å²) in [5, 5.41) is 18.8. The average molecular weight is 477 g/mol. The fraction of sp³-hybridized carbons (Fsp3) is 0.400. The Labute approximate surface area is 191 Å². The molecule has 1 aliphatic heterocycles. The van der Waals surface area contributed by atoms with Crippen LogP contribution in [0, 0.1) is 5.92 Å². The third-order valence-electron chi connectivity index (χ3n) is 5.56. The first-order chi connectivity index (χ1) is 16.2. The molecule has 34 heavy (non-hydrogen) atoms. The molecule has 2 aromatic heterocycles. The first-order valence-electron chi connectivity index (χ1n) is 10.5. The Morgan fingerprint density at radius 2 is 2.03 bits per heavy atom. The quantitative estimate of drug-likeness (QED) is 0.407. The van der Waals surface area contributed by atoms with Gasteiger partial charge in [0.1, 0.15) is 0 Å². The van der Waals surface area contributed by atoms with Crippen molar-refractivity contribution >= 4 is 17.9 Å². The van der Waals surface area contributed by atoms with Crippen molar-refractivity contribution in [1.82, 2.24) is 35.6 Å². The molecule has 180 valence electrons. The van der Waals surface area contributed by atoms with Gasteiger partial charge in [-0.05, 0) is 48.2 Å². The predicted molar refractivity (Wildman–Crippen MR) is 114 cm³/mol. The van der Waals surface area contributed by atoms with Crippen LogP contribution in [0.4, 0.5) is 19.0 Å². The van der Waals surface area contributed by atoms with E-state index in [-0.39, 0.29) is 22.9 Å². The molecule has 11 nitrogen and oxygen atoms in total. The number of hydrazone groups is 1. The summed E-state index contributed by atoms with van der Waals surface area (Å²) in [7, 11) is 0. The fourth-order valence-electron chi connectivity index (χ4n) is 3.64.